The van der Waals surface area contributed by atoms with E-state index >= 15 is 0 Å². The zero-order valence-corrected chi connectivity index (χ0v) is 17.6. The van der Waals surface area contributed by atoms with Crippen molar-refractivity contribution in [2.45, 2.75) is 25.9 Å². The second-order valence-corrected chi connectivity index (χ2v) is 7.93. The Morgan fingerprint density at radius 1 is 1.23 bits per heavy atom. The van der Waals surface area contributed by atoms with E-state index in [0.717, 1.165) is 57.0 Å². The summed E-state index contributed by atoms with van der Waals surface area (Å²) in [5, 5.41) is 7.59. The summed E-state index contributed by atoms with van der Waals surface area (Å²) >= 11 is 0. The van der Waals surface area contributed by atoms with Gasteiger partial charge in [0.05, 0.1) is 24.6 Å². The van der Waals surface area contributed by atoms with E-state index < -0.39 is 0 Å². The number of hydrogen-bond donors (Lipinski definition) is 1. The lowest BCUT2D eigenvalue weighted by Crippen LogP contribution is -2.48. The lowest BCUT2D eigenvalue weighted by molar-refractivity contribution is -0.121. The van der Waals surface area contributed by atoms with Gasteiger partial charge in [0.15, 0.2) is 0 Å². The Labute approximate surface area is 176 Å². The lowest BCUT2D eigenvalue weighted by Gasteiger charge is -2.36. The fourth-order valence-corrected chi connectivity index (χ4v) is 4.28. The number of benzene rings is 1. The normalized spacial score (nSPS) is 17.1. The molecule has 7 nitrogen and oxygen atoms in total. The molecule has 3 heterocycles. The van der Waals surface area contributed by atoms with Crippen molar-refractivity contribution >= 4 is 11.6 Å². The summed E-state index contributed by atoms with van der Waals surface area (Å²) in [7, 11) is 1.96. The molecule has 4 rings (SSSR count). The quantitative estimate of drug-likeness (QED) is 0.743. The minimum absolute atomic E-state index is 0.0520. The molecule has 2 aliphatic heterocycles. The highest BCUT2D eigenvalue weighted by molar-refractivity contribution is 5.76. The second-order valence-electron chi connectivity index (χ2n) is 7.93. The molecule has 0 unspecified atom stereocenters. The van der Waals surface area contributed by atoms with Gasteiger partial charge >= 0.3 is 0 Å². The van der Waals surface area contributed by atoms with Crippen LogP contribution in [0.15, 0.2) is 24.3 Å². The fourth-order valence-electron chi connectivity index (χ4n) is 4.28. The van der Waals surface area contributed by atoms with Gasteiger partial charge in [0, 0.05) is 76.8 Å². The number of nitrogens with one attached hydrogen (secondary N) is 1. The Morgan fingerprint density at radius 3 is 2.83 bits per heavy atom. The summed E-state index contributed by atoms with van der Waals surface area (Å²) in [5.41, 5.74) is 4.04. The van der Waals surface area contributed by atoms with Crippen LogP contribution in [-0.2, 0) is 36.0 Å². The SMILES string of the molecule is Cn1nc(CCC(=O)NCCN2CCN(c3ccccc3F)CC2)c2c1CCOC2. The molecule has 162 valence electrons. The maximum atomic E-state index is 13.9. The van der Waals surface area contributed by atoms with Gasteiger partial charge in [-0.05, 0) is 12.1 Å². The average Bonchev–Trinajstić information content (AvgIpc) is 3.09. The third kappa shape index (κ3) is 4.82. The van der Waals surface area contributed by atoms with Crippen LogP contribution in [0.25, 0.3) is 0 Å². The lowest BCUT2D eigenvalue weighted by atomic mass is 10.1. The number of carbonyl (C=O) groups is 1. The van der Waals surface area contributed by atoms with Crippen molar-refractivity contribution in [2.24, 2.45) is 7.05 Å². The predicted octanol–water partition coefficient (Wildman–Crippen LogP) is 1.50. The van der Waals surface area contributed by atoms with Gasteiger partial charge in [0.25, 0.3) is 0 Å². The highest BCUT2D eigenvalue weighted by atomic mass is 19.1. The number of fused-ring (bicyclic) bond motifs is 1. The summed E-state index contributed by atoms with van der Waals surface area (Å²) in [5.74, 6) is -0.116. The van der Waals surface area contributed by atoms with Crippen molar-refractivity contribution in [1.29, 1.82) is 0 Å². The summed E-state index contributed by atoms with van der Waals surface area (Å²) in [6.07, 6.45) is 1.96. The molecule has 0 atom stereocenters. The van der Waals surface area contributed by atoms with E-state index in [1.165, 1.54) is 11.8 Å². The average molecular weight is 416 g/mol. The largest absolute Gasteiger partial charge is 0.376 e. The molecule has 0 aliphatic carbocycles. The Balaban J connectivity index is 1.16. The van der Waals surface area contributed by atoms with Crippen LogP contribution in [-0.4, -0.2) is 66.5 Å². The zero-order valence-electron chi connectivity index (χ0n) is 17.6. The van der Waals surface area contributed by atoms with Crippen LogP contribution in [0.2, 0.25) is 0 Å². The van der Waals surface area contributed by atoms with E-state index in [-0.39, 0.29) is 11.7 Å². The molecule has 1 aromatic heterocycles. The van der Waals surface area contributed by atoms with Crippen LogP contribution in [0.4, 0.5) is 10.1 Å². The van der Waals surface area contributed by atoms with Crippen molar-refractivity contribution in [1.82, 2.24) is 20.0 Å². The molecule has 2 aromatic rings. The summed E-state index contributed by atoms with van der Waals surface area (Å²) in [6.45, 7) is 6.09. The number of anilines is 1. The van der Waals surface area contributed by atoms with E-state index in [9.17, 15) is 9.18 Å². The Morgan fingerprint density at radius 2 is 2.03 bits per heavy atom. The van der Waals surface area contributed by atoms with E-state index in [1.807, 2.05) is 23.9 Å². The van der Waals surface area contributed by atoms with Gasteiger partial charge < -0.3 is 15.0 Å². The predicted molar refractivity (Wildman–Crippen MR) is 113 cm³/mol. The third-order valence-electron chi connectivity index (χ3n) is 5.99. The number of carbonyl (C=O) groups excluding carboxylic acids is 1. The molecule has 30 heavy (non-hydrogen) atoms. The van der Waals surface area contributed by atoms with Gasteiger partial charge in [-0.1, -0.05) is 12.1 Å². The number of rotatable bonds is 7. The van der Waals surface area contributed by atoms with Crippen LogP contribution < -0.4 is 10.2 Å². The van der Waals surface area contributed by atoms with Crippen molar-refractivity contribution in [3.63, 3.8) is 0 Å². The van der Waals surface area contributed by atoms with Crippen molar-refractivity contribution in [3.05, 3.63) is 47.0 Å². The number of nitrogens with zero attached hydrogens (tertiary/aromatic N) is 4. The molecule has 2 aliphatic rings. The van der Waals surface area contributed by atoms with Crippen LogP contribution in [0.1, 0.15) is 23.4 Å². The van der Waals surface area contributed by atoms with Gasteiger partial charge in [-0.15, -0.1) is 0 Å². The third-order valence-corrected chi connectivity index (χ3v) is 5.99. The monoisotopic (exact) mass is 415 g/mol. The second kappa shape index (κ2) is 9.57. The Hall–Kier alpha value is -2.45. The van der Waals surface area contributed by atoms with Crippen LogP contribution in [0, 0.1) is 5.82 Å². The maximum absolute atomic E-state index is 13.9. The zero-order chi connectivity index (χ0) is 20.9. The molecule has 0 saturated carbocycles. The molecule has 0 radical (unpaired) electrons. The Kier molecular flexibility index (Phi) is 6.64. The minimum Gasteiger partial charge on any atom is -0.376 e. The van der Waals surface area contributed by atoms with Crippen LogP contribution in [0.5, 0.6) is 0 Å². The smallest absolute Gasteiger partial charge is 0.220 e. The molecule has 8 heteroatoms. The van der Waals surface area contributed by atoms with Gasteiger partial charge in [0.2, 0.25) is 5.91 Å². The minimum atomic E-state index is -0.168. The molecular weight excluding hydrogens is 385 g/mol. The number of ether oxygens (including phenoxy) is 1. The van der Waals surface area contributed by atoms with E-state index in [0.29, 0.717) is 31.7 Å². The first kappa shape index (κ1) is 20.8. The first-order chi connectivity index (χ1) is 14.6. The molecule has 1 amide bonds. The number of amides is 1. The van der Waals surface area contributed by atoms with Crippen LogP contribution in [0.3, 0.4) is 0 Å². The van der Waals surface area contributed by atoms with Gasteiger partial charge in [0.1, 0.15) is 5.82 Å². The molecule has 1 aromatic carbocycles. The topological polar surface area (TPSA) is 62.6 Å². The number of para-hydroxylation sites is 1. The highest BCUT2D eigenvalue weighted by Crippen LogP contribution is 2.21. The van der Waals surface area contributed by atoms with Crippen molar-refractivity contribution in [2.75, 3.05) is 50.8 Å². The number of aromatic nitrogens is 2. The molecular formula is C22H30FN5O2. The van der Waals surface area contributed by atoms with E-state index in [4.69, 9.17) is 4.74 Å². The first-order valence-electron chi connectivity index (χ1n) is 10.7. The van der Waals surface area contributed by atoms with E-state index in [1.54, 1.807) is 6.07 Å². The summed E-state index contributed by atoms with van der Waals surface area (Å²) in [4.78, 5) is 16.7. The van der Waals surface area contributed by atoms with E-state index in [2.05, 4.69) is 20.2 Å². The number of aryl methyl sites for hydroxylation is 2. The molecule has 1 saturated heterocycles. The molecule has 1 N–H and O–H groups in total. The van der Waals surface area contributed by atoms with Crippen LogP contribution >= 0.6 is 0 Å². The first-order valence-corrected chi connectivity index (χ1v) is 10.7. The highest BCUT2D eigenvalue weighted by Gasteiger charge is 2.21. The molecule has 1 fully saturated rings. The number of halogens is 1. The van der Waals surface area contributed by atoms with Gasteiger partial charge in [-0.25, -0.2) is 4.39 Å². The van der Waals surface area contributed by atoms with Gasteiger partial charge in [-0.2, -0.15) is 5.10 Å². The summed E-state index contributed by atoms with van der Waals surface area (Å²) in [6, 6.07) is 6.92. The number of piperazine rings is 1. The summed E-state index contributed by atoms with van der Waals surface area (Å²) < 4.78 is 21.4. The fraction of sp³-hybridized carbons (Fsp3) is 0.545. The molecule has 0 bridgehead atoms. The van der Waals surface area contributed by atoms with Crippen molar-refractivity contribution < 1.29 is 13.9 Å². The maximum Gasteiger partial charge on any atom is 0.220 e. The van der Waals surface area contributed by atoms with Crippen molar-refractivity contribution in [3.8, 4) is 0 Å². The number of hydrogen-bond acceptors (Lipinski definition) is 5. The molecule has 0 spiro atoms. The standard InChI is InChI=1S/C22H30FN5O2/c1-26-20-8-15-30-16-17(20)19(25-26)6-7-22(29)24-9-10-27-11-13-28(14-12-27)21-5-3-2-4-18(21)23/h2-5H,6-16H2,1H3,(H,24,29). The van der Waals surface area contributed by atoms with Gasteiger partial charge in [-0.3, -0.25) is 14.4 Å². The Bertz CT molecular complexity index is 876.